The van der Waals surface area contributed by atoms with Gasteiger partial charge in [0.05, 0.1) is 13.2 Å². The molecule has 0 unspecified atom stereocenters. The van der Waals surface area contributed by atoms with Crippen molar-refractivity contribution < 1.29 is 9.47 Å². The van der Waals surface area contributed by atoms with Gasteiger partial charge in [-0.25, -0.2) is 0 Å². The Morgan fingerprint density at radius 3 is 1.50 bits per heavy atom. The maximum absolute atomic E-state index is 5.58. The van der Waals surface area contributed by atoms with E-state index < -0.39 is 0 Å². The van der Waals surface area contributed by atoms with E-state index in [2.05, 4.69) is 25.8 Å². The number of ether oxygens (including phenoxy) is 2. The maximum atomic E-state index is 5.58. The van der Waals surface area contributed by atoms with Crippen molar-refractivity contribution >= 4 is 0 Å². The van der Waals surface area contributed by atoms with Crippen LogP contribution in [-0.4, -0.2) is 51.5 Å². The summed E-state index contributed by atoms with van der Waals surface area (Å²) in [6.45, 7) is 9.95. The van der Waals surface area contributed by atoms with Crippen molar-refractivity contribution in [2.24, 2.45) is 0 Å². The first-order chi connectivity index (χ1) is 8.81. The van der Waals surface area contributed by atoms with E-state index in [4.69, 9.17) is 9.47 Å². The van der Waals surface area contributed by atoms with Gasteiger partial charge in [-0.1, -0.05) is 39.5 Å². The standard InChI is InChI=1S/C15H33NO2/c1-4-6-8-12-17-14-10-16(3)11-15-18-13-9-7-5-2/h4-15H2,1-3H3. The molecule has 0 bridgehead atoms. The van der Waals surface area contributed by atoms with Crippen LogP contribution in [0.3, 0.4) is 0 Å². The van der Waals surface area contributed by atoms with E-state index in [9.17, 15) is 0 Å². The fourth-order valence-corrected chi connectivity index (χ4v) is 1.66. The van der Waals surface area contributed by atoms with Gasteiger partial charge in [-0.3, -0.25) is 0 Å². The first kappa shape index (κ1) is 17.9. The molecule has 0 saturated heterocycles. The van der Waals surface area contributed by atoms with Gasteiger partial charge in [-0.05, 0) is 19.9 Å². The summed E-state index contributed by atoms with van der Waals surface area (Å²) in [6.07, 6.45) is 7.47. The molecule has 110 valence electrons. The molecule has 0 heterocycles. The van der Waals surface area contributed by atoms with E-state index in [0.717, 1.165) is 39.5 Å². The number of unbranched alkanes of at least 4 members (excludes halogenated alkanes) is 4. The third-order valence-electron chi connectivity index (χ3n) is 3.02. The van der Waals surface area contributed by atoms with E-state index in [1.54, 1.807) is 0 Å². The van der Waals surface area contributed by atoms with Crippen LogP contribution in [0.4, 0.5) is 0 Å². The molecule has 0 aromatic heterocycles. The normalized spacial score (nSPS) is 11.3. The minimum Gasteiger partial charge on any atom is -0.380 e. The molecule has 3 heteroatoms. The average molecular weight is 259 g/mol. The zero-order valence-electron chi connectivity index (χ0n) is 12.7. The Balaban J connectivity index is 3.10. The van der Waals surface area contributed by atoms with E-state index in [0.29, 0.717) is 0 Å². The summed E-state index contributed by atoms with van der Waals surface area (Å²) < 4.78 is 11.2. The molecule has 0 aliphatic heterocycles. The molecule has 0 aliphatic rings. The summed E-state index contributed by atoms with van der Waals surface area (Å²) in [4.78, 5) is 2.28. The highest BCUT2D eigenvalue weighted by Crippen LogP contribution is 1.95. The molecular formula is C15H33NO2. The van der Waals surface area contributed by atoms with Crippen molar-refractivity contribution in [3.05, 3.63) is 0 Å². The minimum atomic E-state index is 0.843. The van der Waals surface area contributed by atoms with Crippen molar-refractivity contribution in [1.29, 1.82) is 0 Å². The van der Waals surface area contributed by atoms with Gasteiger partial charge >= 0.3 is 0 Å². The lowest BCUT2D eigenvalue weighted by molar-refractivity contribution is 0.0817. The topological polar surface area (TPSA) is 21.7 Å². The van der Waals surface area contributed by atoms with Gasteiger partial charge in [0.2, 0.25) is 0 Å². The van der Waals surface area contributed by atoms with Crippen molar-refractivity contribution in [2.75, 3.05) is 46.6 Å². The van der Waals surface area contributed by atoms with E-state index >= 15 is 0 Å². The van der Waals surface area contributed by atoms with Crippen LogP contribution in [0.5, 0.6) is 0 Å². The fraction of sp³-hybridized carbons (Fsp3) is 1.00. The highest BCUT2D eigenvalue weighted by Gasteiger charge is 1.98. The van der Waals surface area contributed by atoms with Crippen LogP contribution in [0.25, 0.3) is 0 Å². The quantitative estimate of drug-likeness (QED) is 0.447. The van der Waals surface area contributed by atoms with Gasteiger partial charge in [0.15, 0.2) is 0 Å². The van der Waals surface area contributed by atoms with Crippen molar-refractivity contribution in [3.63, 3.8) is 0 Å². The zero-order chi connectivity index (χ0) is 13.5. The zero-order valence-corrected chi connectivity index (χ0v) is 12.7. The van der Waals surface area contributed by atoms with Crippen LogP contribution in [0.15, 0.2) is 0 Å². The van der Waals surface area contributed by atoms with Gasteiger partial charge in [0, 0.05) is 26.3 Å². The Hall–Kier alpha value is -0.120. The average Bonchev–Trinajstić information content (AvgIpc) is 2.38. The van der Waals surface area contributed by atoms with Crippen LogP contribution >= 0.6 is 0 Å². The lowest BCUT2D eigenvalue weighted by Crippen LogP contribution is -2.27. The van der Waals surface area contributed by atoms with Gasteiger partial charge in [0.1, 0.15) is 0 Å². The lowest BCUT2D eigenvalue weighted by Gasteiger charge is -2.16. The van der Waals surface area contributed by atoms with Gasteiger partial charge in [-0.15, -0.1) is 0 Å². The summed E-state index contributed by atoms with van der Waals surface area (Å²) in [5.74, 6) is 0. The molecule has 0 N–H and O–H groups in total. The van der Waals surface area contributed by atoms with Gasteiger partial charge < -0.3 is 14.4 Å². The smallest absolute Gasteiger partial charge is 0.0593 e. The summed E-state index contributed by atoms with van der Waals surface area (Å²) in [6, 6.07) is 0. The second-order valence-electron chi connectivity index (χ2n) is 4.94. The van der Waals surface area contributed by atoms with Crippen LogP contribution in [-0.2, 0) is 9.47 Å². The van der Waals surface area contributed by atoms with Crippen molar-refractivity contribution in [3.8, 4) is 0 Å². The summed E-state index contributed by atoms with van der Waals surface area (Å²) in [5.41, 5.74) is 0. The molecule has 18 heavy (non-hydrogen) atoms. The van der Waals surface area contributed by atoms with E-state index in [1.807, 2.05) is 0 Å². The van der Waals surface area contributed by atoms with Gasteiger partial charge in [0.25, 0.3) is 0 Å². The monoisotopic (exact) mass is 259 g/mol. The predicted octanol–water partition coefficient (Wildman–Crippen LogP) is 3.33. The third-order valence-corrected chi connectivity index (χ3v) is 3.02. The molecule has 0 rings (SSSR count). The van der Waals surface area contributed by atoms with Gasteiger partial charge in [-0.2, -0.15) is 0 Å². The number of hydrogen-bond donors (Lipinski definition) is 0. The number of likely N-dealkylation sites (N-methyl/N-ethyl adjacent to an activating group) is 1. The second kappa shape index (κ2) is 14.9. The summed E-state index contributed by atoms with van der Waals surface area (Å²) >= 11 is 0. The molecule has 0 aromatic rings. The Labute approximate surface area is 114 Å². The highest BCUT2D eigenvalue weighted by molar-refractivity contribution is 4.50. The molecule has 0 atom stereocenters. The number of nitrogens with zero attached hydrogens (tertiary/aromatic N) is 1. The van der Waals surface area contributed by atoms with Crippen molar-refractivity contribution in [1.82, 2.24) is 4.90 Å². The molecular weight excluding hydrogens is 226 g/mol. The lowest BCUT2D eigenvalue weighted by atomic mass is 10.3. The number of rotatable bonds is 14. The number of hydrogen-bond acceptors (Lipinski definition) is 3. The fourth-order valence-electron chi connectivity index (χ4n) is 1.66. The van der Waals surface area contributed by atoms with Crippen LogP contribution in [0.1, 0.15) is 52.4 Å². The largest absolute Gasteiger partial charge is 0.380 e. The first-order valence-electron chi connectivity index (χ1n) is 7.65. The molecule has 0 saturated carbocycles. The van der Waals surface area contributed by atoms with Crippen LogP contribution in [0, 0.1) is 0 Å². The Morgan fingerprint density at radius 2 is 1.11 bits per heavy atom. The molecule has 0 radical (unpaired) electrons. The Kier molecular flexibility index (Phi) is 14.8. The third kappa shape index (κ3) is 13.9. The van der Waals surface area contributed by atoms with E-state index in [-0.39, 0.29) is 0 Å². The molecule has 3 nitrogen and oxygen atoms in total. The Bertz CT molecular complexity index is 137. The molecule has 0 aliphatic carbocycles. The Morgan fingerprint density at radius 1 is 0.667 bits per heavy atom. The first-order valence-corrected chi connectivity index (χ1v) is 7.65. The SMILES string of the molecule is CCCCCOCCN(C)CCOCCCCC. The van der Waals surface area contributed by atoms with Crippen LogP contribution < -0.4 is 0 Å². The molecule has 0 aromatic carbocycles. The molecule has 0 amide bonds. The van der Waals surface area contributed by atoms with Crippen LogP contribution in [0.2, 0.25) is 0 Å². The van der Waals surface area contributed by atoms with Crippen molar-refractivity contribution in [2.45, 2.75) is 52.4 Å². The summed E-state index contributed by atoms with van der Waals surface area (Å²) in [5, 5.41) is 0. The highest BCUT2D eigenvalue weighted by atomic mass is 16.5. The second-order valence-corrected chi connectivity index (χ2v) is 4.94. The molecule has 0 spiro atoms. The maximum Gasteiger partial charge on any atom is 0.0593 e. The summed E-state index contributed by atoms with van der Waals surface area (Å²) in [7, 11) is 2.13. The van der Waals surface area contributed by atoms with E-state index in [1.165, 1.54) is 38.5 Å². The minimum absolute atomic E-state index is 0.843. The molecule has 0 fully saturated rings. The predicted molar refractivity (Wildman–Crippen MR) is 78.2 cm³/mol.